The van der Waals surface area contributed by atoms with Gasteiger partial charge in [0, 0.05) is 26.2 Å². The Kier molecular flexibility index (Phi) is 4.87. The van der Waals surface area contributed by atoms with Crippen LogP contribution in [0.4, 0.5) is 4.39 Å². The average molecular weight is 266 g/mol. The molecule has 1 saturated heterocycles. The van der Waals surface area contributed by atoms with E-state index in [1.165, 1.54) is 18.2 Å². The van der Waals surface area contributed by atoms with Gasteiger partial charge in [0.15, 0.2) is 5.78 Å². The molecule has 0 spiro atoms. The van der Waals surface area contributed by atoms with Crippen molar-refractivity contribution >= 4 is 5.78 Å². The van der Waals surface area contributed by atoms with Gasteiger partial charge in [-0.25, -0.2) is 4.39 Å². The van der Waals surface area contributed by atoms with Crippen LogP contribution in [0.3, 0.4) is 0 Å². The van der Waals surface area contributed by atoms with Crippen LogP contribution < -0.4 is 10.1 Å². The summed E-state index contributed by atoms with van der Waals surface area (Å²) in [6.45, 7) is 6.05. The van der Waals surface area contributed by atoms with Gasteiger partial charge in [0.1, 0.15) is 11.6 Å². The molecule has 0 amide bonds. The van der Waals surface area contributed by atoms with Crippen LogP contribution in [-0.2, 0) is 0 Å². The van der Waals surface area contributed by atoms with E-state index in [4.69, 9.17) is 4.74 Å². The van der Waals surface area contributed by atoms with Crippen LogP contribution in [0.1, 0.15) is 17.3 Å². The Balaban J connectivity index is 2.10. The Morgan fingerprint density at radius 1 is 1.42 bits per heavy atom. The van der Waals surface area contributed by atoms with E-state index in [-0.39, 0.29) is 5.78 Å². The smallest absolute Gasteiger partial charge is 0.180 e. The maximum atomic E-state index is 13.3. The minimum atomic E-state index is -0.410. The summed E-state index contributed by atoms with van der Waals surface area (Å²) in [5.74, 6) is -0.0407. The van der Waals surface area contributed by atoms with Crippen LogP contribution in [0.2, 0.25) is 0 Å². The number of rotatable bonds is 5. The number of piperazine rings is 1. The summed E-state index contributed by atoms with van der Waals surface area (Å²) in [6, 6.07) is 4.09. The Hall–Kier alpha value is -1.46. The fourth-order valence-corrected chi connectivity index (χ4v) is 2.16. The fraction of sp³-hybridized carbons (Fsp3) is 0.500. The molecule has 1 fully saturated rings. The third kappa shape index (κ3) is 3.75. The van der Waals surface area contributed by atoms with E-state index in [0.717, 1.165) is 26.2 Å². The van der Waals surface area contributed by atoms with Crippen molar-refractivity contribution in [3.63, 3.8) is 0 Å². The lowest BCUT2D eigenvalue weighted by Gasteiger charge is -2.26. The zero-order chi connectivity index (χ0) is 13.7. The van der Waals surface area contributed by atoms with Crippen LogP contribution in [0.25, 0.3) is 0 Å². The molecule has 0 aliphatic carbocycles. The molecule has 0 bridgehead atoms. The first-order valence-corrected chi connectivity index (χ1v) is 6.59. The molecule has 1 heterocycles. The number of carbonyl (C=O) groups is 1. The molecule has 0 atom stereocenters. The first-order valence-electron chi connectivity index (χ1n) is 6.59. The lowest BCUT2D eigenvalue weighted by Crippen LogP contribution is -2.45. The van der Waals surface area contributed by atoms with Gasteiger partial charge in [0.2, 0.25) is 0 Å². The summed E-state index contributed by atoms with van der Waals surface area (Å²) in [5, 5.41) is 3.23. The zero-order valence-electron chi connectivity index (χ0n) is 11.1. The lowest BCUT2D eigenvalue weighted by molar-refractivity contribution is 0.0917. The number of hydrogen-bond acceptors (Lipinski definition) is 4. The molecule has 19 heavy (non-hydrogen) atoms. The van der Waals surface area contributed by atoms with Crippen LogP contribution in [0, 0.1) is 5.82 Å². The summed E-state index contributed by atoms with van der Waals surface area (Å²) in [5.41, 5.74) is 0.334. The second-order valence-corrected chi connectivity index (χ2v) is 4.52. The molecule has 0 aromatic heterocycles. The van der Waals surface area contributed by atoms with Gasteiger partial charge in [0.25, 0.3) is 0 Å². The SMILES string of the molecule is CCOc1ccc(F)cc1C(=O)CN1CCNCC1. The molecule has 1 aromatic carbocycles. The van der Waals surface area contributed by atoms with Gasteiger partial charge in [-0.15, -0.1) is 0 Å². The number of halogens is 1. The van der Waals surface area contributed by atoms with Crippen molar-refractivity contribution in [1.82, 2.24) is 10.2 Å². The number of ether oxygens (including phenoxy) is 1. The van der Waals surface area contributed by atoms with E-state index in [1.54, 1.807) is 0 Å². The van der Waals surface area contributed by atoms with E-state index in [2.05, 4.69) is 10.2 Å². The van der Waals surface area contributed by atoms with Crippen molar-refractivity contribution < 1.29 is 13.9 Å². The fourth-order valence-electron chi connectivity index (χ4n) is 2.16. The van der Waals surface area contributed by atoms with Crippen molar-refractivity contribution in [1.29, 1.82) is 0 Å². The molecule has 1 aromatic rings. The second kappa shape index (κ2) is 6.63. The van der Waals surface area contributed by atoms with Gasteiger partial charge in [-0.2, -0.15) is 0 Å². The van der Waals surface area contributed by atoms with Gasteiger partial charge >= 0.3 is 0 Å². The van der Waals surface area contributed by atoms with Crippen LogP contribution >= 0.6 is 0 Å². The number of nitrogens with one attached hydrogen (secondary N) is 1. The summed E-state index contributed by atoms with van der Waals surface area (Å²) >= 11 is 0. The molecular weight excluding hydrogens is 247 g/mol. The highest BCUT2D eigenvalue weighted by molar-refractivity contribution is 6.00. The minimum Gasteiger partial charge on any atom is -0.493 e. The molecule has 0 saturated carbocycles. The Bertz CT molecular complexity index is 445. The molecular formula is C14H19FN2O2. The van der Waals surface area contributed by atoms with Crippen molar-refractivity contribution in [2.75, 3.05) is 39.3 Å². The third-order valence-corrected chi connectivity index (χ3v) is 3.12. The summed E-state index contributed by atoms with van der Waals surface area (Å²) < 4.78 is 18.7. The first kappa shape index (κ1) is 14.0. The van der Waals surface area contributed by atoms with E-state index >= 15 is 0 Å². The molecule has 0 radical (unpaired) electrons. The van der Waals surface area contributed by atoms with Crippen molar-refractivity contribution in [3.05, 3.63) is 29.6 Å². The summed E-state index contributed by atoms with van der Waals surface area (Å²) in [4.78, 5) is 14.3. The highest BCUT2D eigenvalue weighted by Gasteiger charge is 2.18. The van der Waals surface area contributed by atoms with Gasteiger partial charge < -0.3 is 10.1 Å². The van der Waals surface area contributed by atoms with Crippen LogP contribution in [0.15, 0.2) is 18.2 Å². The van der Waals surface area contributed by atoms with Gasteiger partial charge in [-0.3, -0.25) is 9.69 Å². The molecule has 5 heteroatoms. The normalized spacial score (nSPS) is 16.3. The largest absolute Gasteiger partial charge is 0.493 e. The van der Waals surface area contributed by atoms with Crippen LogP contribution in [0.5, 0.6) is 5.75 Å². The highest BCUT2D eigenvalue weighted by atomic mass is 19.1. The highest BCUT2D eigenvalue weighted by Crippen LogP contribution is 2.20. The molecule has 1 aliphatic heterocycles. The molecule has 1 N–H and O–H groups in total. The topological polar surface area (TPSA) is 41.6 Å². The van der Waals surface area contributed by atoms with Crippen molar-refractivity contribution in [3.8, 4) is 5.75 Å². The number of Topliss-reactive ketones (excluding diaryl/α,β-unsaturated/α-hetero) is 1. The Morgan fingerprint density at radius 2 is 2.16 bits per heavy atom. The molecule has 4 nitrogen and oxygen atoms in total. The quantitative estimate of drug-likeness (QED) is 0.816. The number of carbonyl (C=O) groups excluding carboxylic acids is 1. The van der Waals surface area contributed by atoms with E-state index in [1.807, 2.05) is 6.92 Å². The van der Waals surface area contributed by atoms with E-state index in [9.17, 15) is 9.18 Å². The zero-order valence-corrected chi connectivity index (χ0v) is 11.1. The summed E-state index contributed by atoms with van der Waals surface area (Å²) in [7, 11) is 0. The van der Waals surface area contributed by atoms with Gasteiger partial charge in [0.05, 0.1) is 18.7 Å². The number of benzene rings is 1. The maximum absolute atomic E-state index is 13.3. The predicted octanol–water partition coefficient (Wildman–Crippen LogP) is 1.31. The monoisotopic (exact) mass is 266 g/mol. The Morgan fingerprint density at radius 3 is 2.84 bits per heavy atom. The molecule has 2 rings (SSSR count). The van der Waals surface area contributed by atoms with E-state index in [0.29, 0.717) is 24.5 Å². The molecule has 104 valence electrons. The minimum absolute atomic E-state index is 0.0927. The lowest BCUT2D eigenvalue weighted by atomic mass is 10.1. The molecule has 0 unspecified atom stereocenters. The number of hydrogen-bond donors (Lipinski definition) is 1. The van der Waals surface area contributed by atoms with Gasteiger partial charge in [-0.05, 0) is 25.1 Å². The van der Waals surface area contributed by atoms with Gasteiger partial charge in [-0.1, -0.05) is 0 Å². The Labute approximate surface area is 112 Å². The third-order valence-electron chi connectivity index (χ3n) is 3.12. The van der Waals surface area contributed by atoms with Crippen molar-refractivity contribution in [2.45, 2.75) is 6.92 Å². The molecule has 1 aliphatic rings. The standard InChI is InChI=1S/C14H19FN2O2/c1-2-19-14-4-3-11(15)9-12(14)13(18)10-17-7-5-16-6-8-17/h3-4,9,16H,2,5-8,10H2,1H3. The average Bonchev–Trinajstić information content (AvgIpc) is 2.42. The summed E-state index contributed by atoms with van der Waals surface area (Å²) in [6.07, 6.45) is 0. The van der Waals surface area contributed by atoms with E-state index < -0.39 is 5.82 Å². The number of nitrogens with zero attached hydrogens (tertiary/aromatic N) is 1. The maximum Gasteiger partial charge on any atom is 0.180 e. The predicted molar refractivity (Wildman–Crippen MR) is 71.2 cm³/mol. The second-order valence-electron chi connectivity index (χ2n) is 4.52. The van der Waals surface area contributed by atoms with Crippen molar-refractivity contribution in [2.24, 2.45) is 0 Å². The number of ketones is 1. The first-order chi connectivity index (χ1) is 9.20. The van der Waals surface area contributed by atoms with Crippen LogP contribution in [-0.4, -0.2) is 50.0 Å².